The fourth-order valence-corrected chi connectivity index (χ4v) is 2.59. The molecule has 1 heterocycles. The largest absolute Gasteiger partial charge is 0.497 e. The Morgan fingerprint density at radius 3 is 2.55 bits per heavy atom. The SMILES string of the molecule is COc1ccc(OCCNc2nc(C)cc(Nc3cccc(C(=O)O)c3)n2)cc1. The molecular weight excluding hydrogens is 372 g/mol. The van der Waals surface area contributed by atoms with Crippen LogP contribution in [0.15, 0.2) is 54.6 Å². The van der Waals surface area contributed by atoms with Crippen LogP contribution in [0.5, 0.6) is 11.5 Å². The zero-order valence-corrected chi connectivity index (χ0v) is 16.2. The summed E-state index contributed by atoms with van der Waals surface area (Å²) in [6.45, 7) is 2.82. The average molecular weight is 394 g/mol. The quantitative estimate of drug-likeness (QED) is 0.472. The average Bonchev–Trinajstić information content (AvgIpc) is 2.71. The highest BCUT2D eigenvalue weighted by atomic mass is 16.5. The summed E-state index contributed by atoms with van der Waals surface area (Å²) in [4.78, 5) is 19.9. The molecule has 3 N–H and O–H groups in total. The number of hydrogen-bond donors (Lipinski definition) is 3. The molecule has 0 spiro atoms. The van der Waals surface area contributed by atoms with Gasteiger partial charge in [0.25, 0.3) is 0 Å². The Morgan fingerprint density at radius 1 is 1.07 bits per heavy atom. The molecule has 0 saturated heterocycles. The lowest BCUT2D eigenvalue weighted by Crippen LogP contribution is -2.14. The zero-order valence-electron chi connectivity index (χ0n) is 16.2. The van der Waals surface area contributed by atoms with E-state index in [0.717, 1.165) is 17.2 Å². The van der Waals surface area contributed by atoms with Crippen molar-refractivity contribution in [1.82, 2.24) is 9.97 Å². The van der Waals surface area contributed by atoms with Crippen molar-refractivity contribution in [3.63, 3.8) is 0 Å². The minimum Gasteiger partial charge on any atom is -0.497 e. The predicted molar refractivity (Wildman–Crippen MR) is 110 cm³/mol. The molecule has 8 heteroatoms. The molecule has 150 valence electrons. The molecule has 3 aromatic rings. The van der Waals surface area contributed by atoms with E-state index in [0.29, 0.717) is 30.6 Å². The Bertz CT molecular complexity index is 977. The van der Waals surface area contributed by atoms with Crippen molar-refractivity contribution in [3.8, 4) is 11.5 Å². The second-order valence-corrected chi connectivity index (χ2v) is 6.18. The van der Waals surface area contributed by atoms with Gasteiger partial charge in [-0.25, -0.2) is 9.78 Å². The summed E-state index contributed by atoms with van der Waals surface area (Å²) in [5.41, 5.74) is 1.61. The minimum absolute atomic E-state index is 0.204. The molecule has 0 aliphatic rings. The molecule has 2 aromatic carbocycles. The van der Waals surface area contributed by atoms with Crippen molar-refractivity contribution in [2.24, 2.45) is 0 Å². The van der Waals surface area contributed by atoms with Gasteiger partial charge in [0.1, 0.15) is 23.9 Å². The molecule has 0 fully saturated rings. The number of nitrogens with one attached hydrogen (secondary N) is 2. The lowest BCUT2D eigenvalue weighted by molar-refractivity contribution is 0.0697. The molecule has 0 aliphatic heterocycles. The molecule has 8 nitrogen and oxygen atoms in total. The molecule has 0 atom stereocenters. The number of ether oxygens (including phenoxy) is 2. The number of anilines is 3. The number of carbonyl (C=O) groups is 1. The van der Waals surface area contributed by atoms with Crippen molar-refractivity contribution in [3.05, 3.63) is 65.9 Å². The molecule has 0 amide bonds. The van der Waals surface area contributed by atoms with Gasteiger partial charge in [0.15, 0.2) is 0 Å². The van der Waals surface area contributed by atoms with Crippen molar-refractivity contribution < 1.29 is 19.4 Å². The van der Waals surface area contributed by atoms with Crippen LogP contribution >= 0.6 is 0 Å². The molecule has 0 bridgehead atoms. The molecule has 0 radical (unpaired) electrons. The van der Waals surface area contributed by atoms with E-state index in [-0.39, 0.29) is 5.56 Å². The zero-order chi connectivity index (χ0) is 20.6. The van der Waals surface area contributed by atoms with Crippen molar-refractivity contribution in [2.75, 3.05) is 30.9 Å². The second kappa shape index (κ2) is 9.41. The first-order valence-electron chi connectivity index (χ1n) is 9.00. The van der Waals surface area contributed by atoms with Crippen LogP contribution in [0.2, 0.25) is 0 Å². The summed E-state index contributed by atoms with van der Waals surface area (Å²) in [6.07, 6.45) is 0. The molecular formula is C21H22N4O4. The first-order valence-corrected chi connectivity index (χ1v) is 9.00. The Hall–Kier alpha value is -3.81. The number of nitrogens with zero attached hydrogens (tertiary/aromatic N) is 2. The van der Waals surface area contributed by atoms with E-state index in [4.69, 9.17) is 14.6 Å². The third-order valence-corrected chi connectivity index (χ3v) is 3.95. The molecule has 1 aromatic heterocycles. The highest BCUT2D eigenvalue weighted by Crippen LogP contribution is 2.19. The van der Waals surface area contributed by atoms with Gasteiger partial charge in [-0.2, -0.15) is 4.98 Å². The van der Waals surface area contributed by atoms with E-state index < -0.39 is 5.97 Å². The third kappa shape index (κ3) is 5.83. The van der Waals surface area contributed by atoms with Crippen LogP contribution in [-0.4, -0.2) is 41.3 Å². The number of rotatable bonds is 9. The number of carboxylic acid groups (broad SMARTS) is 1. The number of aromatic carboxylic acids is 1. The highest BCUT2D eigenvalue weighted by molar-refractivity contribution is 5.89. The Kier molecular flexibility index (Phi) is 6.47. The molecule has 0 unspecified atom stereocenters. The summed E-state index contributed by atoms with van der Waals surface area (Å²) in [6, 6.07) is 15.7. The van der Waals surface area contributed by atoms with Crippen LogP contribution in [-0.2, 0) is 0 Å². The van der Waals surface area contributed by atoms with Crippen LogP contribution in [0, 0.1) is 6.92 Å². The van der Waals surface area contributed by atoms with Crippen LogP contribution in [0.25, 0.3) is 0 Å². The number of benzene rings is 2. The maximum absolute atomic E-state index is 11.1. The van der Waals surface area contributed by atoms with Crippen LogP contribution in [0.1, 0.15) is 16.1 Å². The molecule has 29 heavy (non-hydrogen) atoms. The number of aryl methyl sites for hydroxylation is 1. The Labute approximate surface area is 168 Å². The van der Waals surface area contributed by atoms with Gasteiger partial charge in [-0.3, -0.25) is 0 Å². The number of hydrogen-bond acceptors (Lipinski definition) is 7. The van der Waals surface area contributed by atoms with E-state index in [1.165, 1.54) is 6.07 Å². The maximum atomic E-state index is 11.1. The van der Waals surface area contributed by atoms with Gasteiger partial charge in [0, 0.05) is 17.4 Å². The van der Waals surface area contributed by atoms with Crippen molar-refractivity contribution >= 4 is 23.4 Å². The molecule has 3 rings (SSSR count). The lowest BCUT2D eigenvalue weighted by atomic mass is 10.2. The van der Waals surface area contributed by atoms with Crippen LogP contribution in [0.4, 0.5) is 17.5 Å². The monoisotopic (exact) mass is 394 g/mol. The predicted octanol–water partition coefficient (Wildman–Crippen LogP) is 3.73. The Balaban J connectivity index is 1.57. The van der Waals surface area contributed by atoms with E-state index >= 15 is 0 Å². The summed E-state index contributed by atoms with van der Waals surface area (Å²) in [5, 5.41) is 15.3. The standard InChI is InChI=1S/C21H22N4O4/c1-14-12-19(24-16-5-3-4-15(13-16)20(26)27)25-21(23-14)22-10-11-29-18-8-6-17(28-2)7-9-18/h3-9,12-13H,10-11H2,1-2H3,(H,26,27)(H2,22,23,24,25). The summed E-state index contributed by atoms with van der Waals surface area (Å²) in [7, 11) is 1.62. The fourth-order valence-electron chi connectivity index (χ4n) is 2.59. The number of aromatic nitrogens is 2. The molecule has 0 saturated carbocycles. The summed E-state index contributed by atoms with van der Waals surface area (Å²) < 4.78 is 10.8. The lowest BCUT2D eigenvalue weighted by Gasteiger charge is -2.11. The van der Waals surface area contributed by atoms with E-state index in [1.54, 1.807) is 31.4 Å². The second-order valence-electron chi connectivity index (χ2n) is 6.18. The highest BCUT2D eigenvalue weighted by Gasteiger charge is 2.06. The molecule has 0 aliphatic carbocycles. The van der Waals surface area contributed by atoms with E-state index in [2.05, 4.69) is 20.6 Å². The van der Waals surface area contributed by atoms with Gasteiger partial charge >= 0.3 is 5.97 Å². The number of carboxylic acids is 1. The van der Waals surface area contributed by atoms with Crippen LogP contribution in [0.3, 0.4) is 0 Å². The van der Waals surface area contributed by atoms with E-state index in [9.17, 15) is 4.79 Å². The normalized spacial score (nSPS) is 10.3. The summed E-state index contributed by atoms with van der Waals surface area (Å²) >= 11 is 0. The van der Waals surface area contributed by atoms with Gasteiger partial charge in [0.05, 0.1) is 19.2 Å². The first-order chi connectivity index (χ1) is 14.0. The van der Waals surface area contributed by atoms with Gasteiger partial charge in [-0.15, -0.1) is 0 Å². The Morgan fingerprint density at radius 2 is 1.83 bits per heavy atom. The maximum Gasteiger partial charge on any atom is 0.335 e. The topological polar surface area (TPSA) is 106 Å². The summed E-state index contributed by atoms with van der Waals surface area (Å²) in [5.74, 6) is 1.57. The third-order valence-electron chi connectivity index (χ3n) is 3.95. The fraction of sp³-hybridized carbons (Fsp3) is 0.190. The number of methoxy groups -OCH3 is 1. The van der Waals surface area contributed by atoms with Crippen molar-refractivity contribution in [1.29, 1.82) is 0 Å². The van der Waals surface area contributed by atoms with Gasteiger partial charge in [-0.1, -0.05) is 6.07 Å². The minimum atomic E-state index is -0.980. The first kappa shape index (κ1) is 19.9. The van der Waals surface area contributed by atoms with E-state index in [1.807, 2.05) is 31.2 Å². The smallest absolute Gasteiger partial charge is 0.335 e. The van der Waals surface area contributed by atoms with Gasteiger partial charge in [-0.05, 0) is 49.4 Å². The van der Waals surface area contributed by atoms with Crippen molar-refractivity contribution in [2.45, 2.75) is 6.92 Å². The van der Waals surface area contributed by atoms with Gasteiger partial charge in [0.2, 0.25) is 5.95 Å². The van der Waals surface area contributed by atoms with Crippen LogP contribution < -0.4 is 20.1 Å². The van der Waals surface area contributed by atoms with Gasteiger partial charge < -0.3 is 25.2 Å².